The van der Waals surface area contributed by atoms with Gasteiger partial charge < -0.3 is 9.15 Å². The summed E-state index contributed by atoms with van der Waals surface area (Å²) in [6, 6.07) is 8.20. The average Bonchev–Trinajstić information content (AvgIpc) is 3.28. The Morgan fingerprint density at radius 2 is 2.11 bits per heavy atom. The van der Waals surface area contributed by atoms with E-state index in [0.29, 0.717) is 33.1 Å². The highest BCUT2D eigenvalue weighted by molar-refractivity contribution is 7.99. The van der Waals surface area contributed by atoms with Crippen molar-refractivity contribution in [1.29, 1.82) is 0 Å². The monoisotopic (exact) mass is 446 g/mol. The third kappa shape index (κ3) is 5.03. The van der Waals surface area contributed by atoms with Gasteiger partial charge in [0.15, 0.2) is 0 Å². The summed E-state index contributed by atoms with van der Waals surface area (Å²) in [7, 11) is 0. The maximum Gasteiger partial charge on any atom is 0.299 e. The molecule has 2 heterocycles. The fraction of sp³-hybridized carbons (Fsp3) is 0.235. The first-order valence-corrected chi connectivity index (χ1v) is 9.79. The first-order valence-electron chi connectivity index (χ1n) is 8.05. The number of ether oxygens (including phenoxy) is 1. The molecule has 0 unspecified atom stereocenters. The van der Waals surface area contributed by atoms with E-state index in [1.807, 2.05) is 6.92 Å². The minimum atomic E-state index is -2.79. The van der Waals surface area contributed by atoms with E-state index in [1.54, 1.807) is 30.3 Å². The lowest BCUT2D eigenvalue weighted by molar-refractivity contribution is 0.135. The van der Waals surface area contributed by atoms with E-state index < -0.39 is 12.2 Å². The van der Waals surface area contributed by atoms with Gasteiger partial charge in [-0.05, 0) is 30.0 Å². The van der Waals surface area contributed by atoms with E-state index in [2.05, 4.69) is 15.3 Å². The summed E-state index contributed by atoms with van der Waals surface area (Å²) in [6.45, 7) is 1.99. The van der Waals surface area contributed by atoms with Crippen LogP contribution < -0.4 is 4.74 Å². The molecule has 0 N–H and O–H groups in total. The van der Waals surface area contributed by atoms with E-state index >= 15 is 0 Å². The van der Waals surface area contributed by atoms with Crippen molar-refractivity contribution in [2.75, 3.05) is 5.75 Å². The normalized spacial score (nSPS) is 11.6. The topological polar surface area (TPSA) is 65.4 Å². The molecule has 28 heavy (non-hydrogen) atoms. The van der Waals surface area contributed by atoms with Crippen LogP contribution in [0.25, 0.3) is 0 Å². The van der Waals surface area contributed by atoms with Crippen LogP contribution in [-0.4, -0.2) is 26.8 Å². The van der Waals surface area contributed by atoms with Crippen molar-refractivity contribution in [3.05, 3.63) is 57.7 Å². The van der Waals surface area contributed by atoms with E-state index in [4.69, 9.17) is 32.4 Å². The molecule has 148 valence electrons. The Kier molecular flexibility index (Phi) is 6.93. The summed E-state index contributed by atoms with van der Waals surface area (Å²) in [5.41, 5.74) is 0. The molecule has 0 atom stereocenters. The van der Waals surface area contributed by atoms with Gasteiger partial charge in [-0.1, -0.05) is 41.9 Å². The smallest absolute Gasteiger partial charge is 0.299 e. The molecule has 11 heteroatoms. The summed E-state index contributed by atoms with van der Waals surface area (Å²) in [5, 5.41) is 12.4. The summed E-state index contributed by atoms with van der Waals surface area (Å²) >= 11 is 13.2. The highest BCUT2D eigenvalue weighted by atomic mass is 35.5. The molecule has 3 aromatic rings. The van der Waals surface area contributed by atoms with Crippen molar-refractivity contribution in [2.24, 2.45) is 5.10 Å². The highest BCUT2D eigenvalue weighted by Crippen LogP contribution is 2.28. The Bertz CT molecular complexity index is 978. The lowest BCUT2D eigenvalue weighted by Gasteiger charge is -2.06. The van der Waals surface area contributed by atoms with Gasteiger partial charge in [-0.2, -0.15) is 9.78 Å². The second kappa shape index (κ2) is 9.40. The Morgan fingerprint density at radius 3 is 2.86 bits per heavy atom. The predicted molar refractivity (Wildman–Crippen MR) is 104 cm³/mol. The fourth-order valence-electron chi connectivity index (χ4n) is 2.13. The number of hydrogen-bond donors (Lipinski definition) is 0. The van der Waals surface area contributed by atoms with Crippen LogP contribution in [-0.2, 0) is 6.61 Å². The van der Waals surface area contributed by atoms with Crippen molar-refractivity contribution in [2.45, 2.75) is 25.1 Å². The maximum atomic E-state index is 13.1. The minimum absolute atomic E-state index is 0.111. The van der Waals surface area contributed by atoms with E-state index in [1.165, 1.54) is 18.0 Å². The summed E-state index contributed by atoms with van der Waals surface area (Å²) in [5.74, 6) is 1.40. The first-order chi connectivity index (χ1) is 13.5. The molecule has 0 saturated heterocycles. The third-order valence-electron chi connectivity index (χ3n) is 3.35. The van der Waals surface area contributed by atoms with Crippen LogP contribution in [0.2, 0.25) is 10.0 Å². The average molecular weight is 447 g/mol. The molecule has 0 fully saturated rings. The van der Waals surface area contributed by atoms with Crippen LogP contribution in [0.15, 0.2) is 45.0 Å². The van der Waals surface area contributed by atoms with Gasteiger partial charge in [0.1, 0.15) is 23.9 Å². The summed E-state index contributed by atoms with van der Waals surface area (Å²) in [6.07, 6.45) is -1.48. The van der Waals surface area contributed by atoms with Crippen molar-refractivity contribution in [3.63, 3.8) is 0 Å². The standard InChI is InChI=1S/C17H14Cl2F2N4O2S/c1-2-28-17-24-23-16(15(20)21)25(17)22-8-11-4-5-12(27-11)9-26-14-7-10(18)3-6-13(14)19/h3-8,15H,2,9H2,1H3/b22-8+. The zero-order valence-electron chi connectivity index (χ0n) is 14.5. The summed E-state index contributed by atoms with van der Waals surface area (Å²) < 4.78 is 38.3. The number of aromatic nitrogens is 3. The predicted octanol–water partition coefficient (Wildman–Crippen LogP) is 5.69. The van der Waals surface area contributed by atoms with E-state index in [0.717, 1.165) is 4.68 Å². The van der Waals surface area contributed by atoms with Crippen LogP contribution in [0.1, 0.15) is 30.7 Å². The molecule has 2 aromatic heterocycles. The van der Waals surface area contributed by atoms with Gasteiger partial charge in [-0.25, -0.2) is 8.78 Å². The molecule has 0 radical (unpaired) electrons. The molecule has 1 aromatic carbocycles. The lowest BCUT2D eigenvalue weighted by atomic mass is 10.3. The number of furan rings is 1. The highest BCUT2D eigenvalue weighted by Gasteiger charge is 2.20. The molecular weight excluding hydrogens is 433 g/mol. The van der Waals surface area contributed by atoms with Gasteiger partial charge >= 0.3 is 0 Å². The Hall–Kier alpha value is -2.10. The lowest BCUT2D eigenvalue weighted by Crippen LogP contribution is -2.00. The van der Waals surface area contributed by atoms with Gasteiger partial charge in [-0.3, -0.25) is 0 Å². The van der Waals surface area contributed by atoms with Crippen molar-refractivity contribution < 1.29 is 17.9 Å². The molecule has 0 aliphatic rings. The molecule has 0 saturated carbocycles. The molecule has 0 spiro atoms. The summed E-state index contributed by atoms with van der Waals surface area (Å²) in [4.78, 5) is 0. The van der Waals surface area contributed by atoms with Gasteiger partial charge in [0.2, 0.25) is 11.0 Å². The second-order valence-electron chi connectivity index (χ2n) is 5.30. The molecule has 0 bridgehead atoms. The SMILES string of the molecule is CCSc1nnc(C(F)F)n1/N=C/c1ccc(COc2cc(Cl)ccc2Cl)o1. The zero-order valence-corrected chi connectivity index (χ0v) is 16.8. The molecular formula is C17H14Cl2F2N4O2S. The number of nitrogens with zero attached hydrogens (tertiary/aromatic N) is 4. The van der Waals surface area contributed by atoms with Crippen LogP contribution >= 0.6 is 35.0 Å². The van der Waals surface area contributed by atoms with Crippen molar-refractivity contribution in [3.8, 4) is 5.75 Å². The quantitative estimate of drug-likeness (QED) is 0.328. The second-order valence-corrected chi connectivity index (χ2v) is 7.37. The number of halogens is 4. The van der Waals surface area contributed by atoms with Gasteiger partial charge in [-0.15, -0.1) is 10.2 Å². The van der Waals surface area contributed by atoms with Gasteiger partial charge in [0.05, 0.1) is 11.2 Å². The van der Waals surface area contributed by atoms with Crippen LogP contribution in [0.5, 0.6) is 5.75 Å². The Morgan fingerprint density at radius 1 is 1.29 bits per heavy atom. The van der Waals surface area contributed by atoms with Crippen LogP contribution in [0.3, 0.4) is 0 Å². The number of hydrogen-bond acceptors (Lipinski definition) is 6. The fourth-order valence-corrected chi connectivity index (χ4v) is 3.09. The molecule has 6 nitrogen and oxygen atoms in total. The zero-order chi connectivity index (χ0) is 20.1. The molecule has 0 aliphatic heterocycles. The maximum absolute atomic E-state index is 13.1. The largest absolute Gasteiger partial charge is 0.484 e. The Balaban J connectivity index is 1.71. The molecule has 0 amide bonds. The van der Waals surface area contributed by atoms with Gasteiger partial charge in [0.25, 0.3) is 6.43 Å². The van der Waals surface area contributed by atoms with Crippen LogP contribution in [0, 0.1) is 0 Å². The van der Waals surface area contributed by atoms with Crippen LogP contribution in [0.4, 0.5) is 8.78 Å². The van der Waals surface area contributed by atoms with E-state index in [-0.39, 0.29) is 11.8 Å². The van der Waals surface area contributed by atoms with Crippen molar-refractivity contribution in [1.82, 2.24) is 14.9 Å². The number of thioether (sulfide) groups is 1. The number of benzene rings is 1. The van der Waals surface area contributed by atoms with E-state index in [9.17, 15) is 8.78 Å². The Labute approximate surface area is 173 Å². The molecule has 0 aliphatic carbocycles. The van der Waals surface area contributed by atoms with Crippen molar-refractivity contribution >= 4 is 41.2 Å². The minimum Gasteiger partial charge on any atom is -0.484 e. The molecule has 3 rings (SSSR count). The number of rotatable bonds is 8. The third-order valence-corrected chi connectivity index (χ3v) is 4.70. The van der Waals surface area contributed by atoms with Gasteiger partial charge in [0, 0.05) is 11.1 Å². The first kappa shape index (κ1) is 20.6. The number of alkyl halides is 2.